The second-order valence-corrected chi connectivity index (χ2v) is 5.59. The molecular weight excluding hydrogens is 313 g/mol. The van der Waals surface area contributed by atoms with Gasteiger partial charge in [-0.2, -0.15) is 13.2 Å². The molecule has 1 saturated carbocycles. The third-order valence-corrected chi connectivity index (χ3v) is 3.76. The standard InChI is InChI=1S/C15H19F3N2O3/c16-15(17,18)9-23-13-7-3-6-11(20-13)14(22)19-8-12(21)10-4-1-2-5-10/h3,6-7,10,12,21H,1-2,4-5,8-9H2,(H,19,22). The van der Waals surface area contributed by atoms with Gasteiger partial charge >= 0.3 is 6.18 Å². The Morgan fingerprint density at radius 3 is 2.74 bits per heavy atom. The van der Waals surface area contributed by atoms with Gasteiger partial charge in [0.1, 0.15) is 5.69 Å². The molecule has 0 saturated heterocycles. The minimum Gasteiger partial charge on any atom is -0.468 e. The van der Waals surface area contributed by atoms with E-state index < -0.39 is 24.8 Å². The van der Waals surface area contributed by atoms with Gasteiger partial charge in [-0.25, -0.2) is 4.98 Å². The third kappa shape index (κ3) is 5.70. The number of pyridine rings is 1. The highest BCUT2D eigenvalue weighted by molar-refractivity contribution is 5.92. The van der Waals surface area contributed by atoms with Crippen molar-refractivity contribution < 1.29 is 27.8 Å². The number of aliphatic hydroxyl groups is 1. The quantitative estimate of drug-likeness (QED) is 0.838. The fraction of sp³-hybridized carbons (Fsp3) is 0.600. The first-order chi connectivity index (χ1) is 10.8. The maximum absolute atomic E-state index is 12.1. The van der Waals surface area contributed by atoms with Crippen molar-refractivity contribution in [1.29, 1.82) is 0 Å². The van der Waals surface area contributed by atoms with Crippen molar-refractivity contribution in [1.82, 2.24) is 10.3 Å². The van der Waals surface area contributed by atoms with Crippen LogP contribution in [-0.4, -0.2) is 41.4 Å². The van der Waals surface area contributed by atoms with Crippen molar-refractivity contribution in [3.05, 3.63) is 23.9 Å². The molecule has 1 aromatic heterocycles. The number of amides is 1. The van der Waals surface area contributed by atoms with Crippen LogP contribution in [0, 0.1) is 5.92 Å². The first kappa shape index (κ1) is 17.5. The van der Waals surface area contributed by atoms with Crippen LogP contribution >= 0.6 is 0 Å². The number of rotatable bonds is 6. The fourth-order valence-electron chi connectivity index (χ4n) is 2.57. The molecule has 1 aliphatic carbocycles. The lowest BCUT2D eigenvalue weighted by atomic mass is 10.0. The maximum atomic E-state index is 12.1. The van der Waals surface area contributed by atoms with Gasteiger partial charge in [0.15, 0.2) is 6.61 Å². The molecule has 0 aromatic carbocycles. The average molecular weight is 332 g/mol. The highest BCUT2D eigenvalue weighted by atomic mass is 19.4. The Labute approximate surface area is 131 Å². The van der Waals surface area contributed by atoms with E-state index in [2.05, 4.69) is 15.0 Å². The number of hydrogen-bond donors (Lipinski definition) is 2. The molecule has 0 spiro atoms. The molecular formula is C15H19F3N2O3. The molecule has 2 rings (SSSR count). The van der Waals surface area contributed by atoms with Crippen LogP contribution in [0.5, 0.6) is 5.88 Å². The zero-order valence-corrected chi connectivity index (χ0v) is 12.5. The van der Waals surface area contributed by atoms with Crippen LogP contribution in [0.2, 0.25) is 0 Å². The van der Waals surface area contributed by atoms with Gasteiger partial charge < -0.3 is 15.2 Å². The number of aliphatic hydroxyl groups excluding tert-OH is 1. The Bertz CT molecular complexity index is 531. The van der Waals surface area contributed by atoms with Gasteiger partial charge in [0, 0.05) is 12.6 Å². The summed E-state index contributed by atoms with van der Waals surface area (Å²) in [6.45, 7) is -1.37. The van der Waals surface area contributed by atoms with Gasteiger partial charge in [0.2, 0.25) is 5.88 Å². The summed E-state index contributed by atoms with van der Waals surface area (Å²) in [5, 5.41) is 12.5. The average Bonchev–Trinajstić information content (AvgIpc) is 3.04. The number of ether oxygens (including phenoxy) is 1. The molecule has 5 nitrogen and oxygen atoms in total. The summed E-state index contributed by atoms with van der Waals surface area (Å²) in [5.74, 6) is -0.643. The minimum atomic E-state index is -4.47. The normalized spacial score (nSPS) is 17.0. The summed E-state index contributed by atoms with van der Waals surface area (Å²) >= 11 is 0. The minimum absolute atomic E-state index is 0.0525. The lowest BCUT2D eigenvalue weighted by Crippen LogP contribution is -2.36. The zero-order valence-electron chi connectivity index (χ0n) is 12.5. The Morgan fingerprint density at radius 1 is 1.39 bits per heavy atom. The first-order valence-corrected chi connectivity index (χ1v) is 7.48. The number of nitrogens with one attached hydrogen (secondary N) is 1. The van der Waals surface area contributed by atoms with Gasteiger partial charge in [-0.05, 0) is 24.8 Å². The van der Waals surface area contributed by atoms with Gasteiger partial charge in [-0.15, -0.1) is 0 Å². The first-order valence-electron chi connectivity index (χ1n) is 7.48. The molecule has 0 radical (unpaired) electrons. The molecule has 128 valence electrons. The summed E-state index contributed by atoms with van der Waals surface area (Å²) in [6, 6.07) is 4.01. The lowest BCUT2D eigenvalue weighted by molar-refractivity contribution is -0.154. The molecule has 1 aliphatic rings. The van der Waals surface area contributed by atoms with Gasteiger partial charge in [0.05, 0.1) is 6.10 Å². The van der Waals surface area contributed by atoms with E-state index in [0.717, 1.165) is 25.7 Å². The maximum Gasteiger partial charge on any atom is 0.422 e. The molecule has 1 atom stereocenters. The van der Waals surface area contributed by atoms with Crippen LogP contribution in [0.25, 0.3) is 0 Å². The van der Waals surface area contributed by atoms with Crippen LogP contribution in [0.1, 0.15) is 36.2 Å². The molecule has 1 amide bonds. The van der Waals surface area contributed by atoms with Crippen molar-refractivity contribution in [3.8, 4) is 5.88 Å². The number of hydrogen-bond acceptors (Lipinski definition) is 4. The van der Waals surface area contributed by atoms with E-state index in [1.165, 1.54) is 18.2 Å². The van der Waals surface area contributed by atoms with Gasteiger partial charge in [-0.1, -0.05) is 18.9 Å². The zero-order chi connectivity index (χ0) is 16.9. The highest BCUT2D eigenvalue weighted by Crippen LogP contribution is 2.27. The van der Waals surface area contributed by atoms with Crippen LogP contribution in [0.4, 0.5) is 13.2 Å². The molecule has 2 N–H and O–H groups in total. The van der Waals surface area contributed by atoms with Gasteiger partial charge in [-0.3, -0.25) is 4.79 Å². The van der Waals surface area contributed by atoms with E-state index in [1.807, 2.05) is 0 Å². The molecule has 1 unspecified atom stereocenters. The number of aromatic nitrogens is 1. The predicted molar refractivity (Wildman–Crippen MR) is 76.1 cm³/mol. The van der Waals surface area contributed by atoms with Crippen molar-refractivity contribution in [2.75, 3.05) is 13.2 Å². The summed E-state index contributed by atoms with van der Waals surface area (Å²) in [7, 11) is 0. The Morgan fingerprint density at radius 2 is 2.09 bits per heavy atom. The van der Waals surface area contributed by atoms with Crippen LogP contribution < -0.4 is 10.1 Å². The summed E-state index contributed by atoms with van der Waals surface area (Å²) < 4.78 is 40.8. The molecule has 0 bridgehead atoms. The van der Waals surface area contributed by atoms with E-state index in [1.54, 1.807) is 0 Å². The summed E-state index contributed by atoms with van der Waals surface area (Å²) in [5.41, 5.74) is -0.0525. The second kappa shape index (κ2) is 7.63. The Kier molecular flexibility index (Phi) is 5.81. The Hall–Kier alpha value is -1.83. The van der Waals surface area contributed by atoms with E-state index in [0.29, 0.717) is 0 Å². The molecule has 0 aliphatic heterocycles. The van der Waals surface area contributed by atoms with E-state index in [-0.39, 0.29) is 24.0 Å². The smallest absolute Gasteiger partial charge is 0.422 e. The monoisotopic (exact) mass is 332 g/mol. The second-order valence-electron chi connectivity index (χ2n) is 5.59. The van der Waals surface area contributed by atoms with Crippen molar-refractivity contribution in [3.63, 3.8) is 0 Å². The van der Waals surface area contributed by atoms with E-state index in [9.17, 15) is 23.1 Å². The molecule has 1 aromatic rings. The topological polar surface area (TPSA) is 71.5 Å². The SMILES string of the molecule is O=C(NCC(O)C1CCCC1)c1cccc(OCC(F)(F)F)n1. The predicted octanol–water partition coefficient (Wildman–Crippen LogP) is 2.30. The summed E-state index contributed by atoms with van der Waals surface area (Å²) in [4.78, 5) is 15.7. The summed E-state index contributed by atoms with van der Waals surface area (Å²) in [6.07, 6.45) is -1.05. The van der Waals surface area contributed by atoms with Crippen molar-refractivity contribution in [2.24, 2.45) is 5.92 Å². The van der Waals surface area contributed by atoms with Crippen LogP contribution in [-0.2, 0) is 0 Å². The van der Waals surface area contributed by atoms with Gasteiger partial charge in [0.25, 0.3) is 5.91 Å². The number of carbonyl (C=O) groups excluding carboxylic acids is 1. The Balaban J connectivity index is 1.86. The van der Waals surface area contributed by atoms with Crippen molar-refractivity contribution >= 4 is 5.91 Å². The lowest BCUT2D eigenvalue weighted by Gasteiger charge is -2.18. The number of nitrogens with zero attached hydrogens (tertiary/aromatic N) is 1. The largest absolute Gasteiger partial charge is 0.468 e. The van der Waals surface area contributed by atoms with E-state index in [4.69, 9.17) is 0 Å². The third-order valence-electron chi connectivity index (χ3n) is 3.76. The van der Waals surface area contributed by atoms with Crippen LogP contribution in [0.15, 0.2) is 18.2 Å². The number of halogens is 3. The number of alkyl halides is 3. The van der Waals surface area contributed by atoms with E-state index >= 15 is 0 Å². The highest BCUT2D eigenvalue weighted by Gasteiger charge is 2.29. The molecule has 1 heterocycles. The number of carbonyl (C=O) groups is 1. The molecule has 1 fully saturated rings. The molecule has 23 heavy (non-hydrogen) atoms. The van der Waals surface area contributed by atoms with Crippen LogP contribution in [0.3, 0.4) is 0 Å². The van der Waals surface area contributed by atoms with Crippen molar-refractivity contribution in [2.45, 2.75) is 38.0 Å². The molecule has 8 heteroatoms. The fourth-order valence-corrected chi connectivity index (χ4v) is 2.57.